The summed E-state index contributed by atoms with van der Waals surface area (Å²) < 4.78 is 79.1. The van der Waals surface area contributed by atoms with Gasteiger partial charge in [-0.3, -0.25) is 0 Å². The summed E-state index contributed by atoms with van der Waals surface area (Å²) >= 11 is 0. The van der Waals surface area contributed by atoms with E-state index in [9.17, 15) is 26.3 Å². The van der Waals surface area contributed by atoms with Crippen molar-refractivity contribution in [2.24, 2.45) is 0 Å². The molecule has 2 rings (SSSR count). The highest BCUT2D eigenvalue weighted by Gasteiger charge is 2.36. The minimum absolute atomic E-state index is 0. The fraction of sp³-hybridized carbons (Fsp3) is 0.111. The molecule has 0 fully saturated rings. The lowest BCUT2D eigenvalue weighted by atomic mass is 10.1. The second kappa shape index (κ2) is 9.79. The largest absolute Gasteiger partial charge is 0.573 e. The second-order valence-corrected chi connectivity index (χ2v) is 5.21. The predicted molar refractivity (Wildman–Crippen MR) is 90.6 cm³/mol. The fourth-order valence-corrected chi connectivity index (χ4v) is 2.01. The first-order valence-electron chi connectivity index (χ1n) is 7.61. The van der Waals surface area contributed by atoms with E-state index in [1.807, 2.05) is 0 Å². The van der Waals surface area contributed by atoms with E-state index in [0.717, 1.165) is 12.1 Å². The van der Waals surface area contributed by atoms with Gasteiger partial charge < -0.3 is 19.7 Å². The van der Waals surface area contributed by atoms with Gasteiger partial charge >= 0.3 is 12.7 Å². The molecular formula is C18H8F6N4O4. The molecule has 0 aliphatic carbocycles. The van der Waals surface area contributed by atoms with Crippen LogP contribution < -0.4 is 9.47 Å². The van der Waals surface area contributed by atoms with Gasteiger partial charge in [0.2, 0.25) is 0 Å². The molecule has 0 atom stereocenters. The Morgan fingerprint density at radius 2 is 0.875 bits per heavy atom. The number of rotatable bonds is 2. The Balaban J connectivity index is 0.000000675. The summed E-state index contributed by atoms with van der Waals surface area (Å²) in [5, 5.41) is 52.4. The molecule has 0 saturated heterocycles. The number of alkyl halides is 6. The molecule has 2 N–H and O–H groups in total. The topological polar surface area (TPSA) is 154 Å². The normalized spacial score (nSPS) is 10.3. The maximum Gasteiger partial charge on any atom is 0.573 e. The van der Waals surface area contributed by atoms with Crippen molar-refractivity contribution in [3.63, 3.8) is 0 Å². The number of phenols is 2. The van der Waals surface area contributed by atoms with E-state index in [1.165, 1.54) is 12.1 Å². The number of hydrogen-bond donors (Lipinski definition) is 2. The summed E-state index contributed by atoms with van der Waals surface area (Å²) in [5.74, 6) is -2.78. The maximum absolute atomic E-state index is 12.0. The number of halogens is 6. The third-order valence-electron chi connectivity index (χ3n) is 3.19. The average Bonchev–Trinajstić information content (AvgIpc) is 2.68. The van der Waals surface area contributed by atoms with Gasteiger partial charge in [-0.15, -0.1) is 26.3 Å². The van der Waals surface area contributed by atoms with Crippen LogP contribution in [0.2, 0.25) is 0 Å². The summed E-state index contributed by atoms with van der Waals surface area (Å²) in [4.78, 5) is 0. The molecule has 32 heavy (non-hydrogen) atoms. The summed E-state index contributed by atoms with van der Waals surface area (Å²) in [6, 6.07) is 8.81. The molecule has 8 nitrogen and oxygen atoms in total. The summed E-state index contributed by atoms with van der Waals surface area (Å²) in [5.41, 5.74) is -2.41. The van der Waals surface area contributed by atoms with Gasteiger partial charge in [0.15, 0.2) is 0 Å². The lowest BCUT2D eigenvalue weighted by Gasteiger charge is -2.14. The van der Waals surface area contributed by atoms with Crippen LogP contribution in [0.3, 0.4) is 0 Å². The Morgan fingerprint density at radius 3 is 1.09 bits per heavy atom. The molecule has 0 saturated carbocycles. The van der Waals surface area contributed by atoms with Gasteiger partial charge in [0.25, 0.3) is 0 Å². The van der Waals surface area contributed by atoms with Crippen molar-refractivity contribution in [1.29, 1.82) is 21.0 Å². The number of benzene rings is 2. The molecule has 166 valence electrons. The third-order valence-corrected chi connectivity index (χ3v) is 3.19. The van der Waals surface area contributed by atoms with Gasteiger partial charge in [0, 0.05) is 1.43 Å². The summed E-state index contributed by atoms with van der Waals surface area (Å²) in [6.45, 7) is 0. The van der Waals surface area contributed by atoms with Gasteiger partial charge in [-0.05, 0) is 24.3 Å². The first-order valence-corrected chi connectivity index (χ1v) is 7.61. The van der Waals surface area contributed by atoms with Crippen molar-refractivity contribution in [2.45, 2.75) is 12.7 Å². The van der Waals surface area contributed by atoms with E-state index >= 15 is 0 Å². The summed E-state index contributed by atoms with van der Waals surface area (Å²) in [7, 11) is 0. The molecule has 2 aromatic carbocycles. The molecule has 0 unspecified atom stereocenters. The third kappa shape index (κ3) is 6.61. The van der Waals surface area contributed by atoms with E-state index in [1.54, 1.807) is 12.1 Å². The SMILES string of the molecule is N#Cc1c(O)ccc(O)c1C#N.N#Cc1c(OC(F)(F)F)ccc(OC(F)(F)F)c1C#N.[2HH]. The van der Waals surface area contributed by atoms with E-state index in [-0.39, 0.29) is 24.1 Å². The quantitative estimate of drug-likeness (QED) is 0.497. The van der Waals surface area contributed by atoms with Crippen LogP contribution in [0.25, 0.3) is 0 Å². The Kier molecular flexibility index (Phi) is 7.71. The standard InChI is InChI=1S/C10H2F6N2O2.C8H4N2O2.H2/c11-9(12,13)19-7-1-2-8(20-10(14,15)16)6(4-18)5(7)3-17;9-3-5-6(4-10)8(12)2-1-7(5)11;/h1-2H;1-2,11-12H;1H/i;;1+1. The van der Waals surface area contributed by atoms with Gasteiger partial charge in [-0.2, -0.15) is 21.0 Å². The minimum Gasteiger partial charge on any atom is -0.507 e. The van der Waals surface area contributed by atoms with Crippen molar-refractivity contribution in [1.82, 2.24) is 0 Å². The first kappa shape index (κ1) is 25.2. The number of ether oxygens (including phenoxy) is 2. The number of nitriles is 4. The Labute approximate surface area is 176 Å². The molecule has 0 amide bonds. The molecule has 0 aromatic heterocycles. The molecule has 0 radical (unpaired) electrons. The monoisotopic (exact) mass is 459 g/mol. The fourth-order valence-electron chi connectivity index (χ4n) is 2.01. The molecule has 14 heteroatoms. The number of nitrogens with zero attached hydrogens (tertiary/aromatic N) is 4. The zero-order chi connectivity index (χ0) is 24.7. The van der Waals surface area contributed by atoms with Crippen molar-refractivity contribution in [2.75, 3.05) is 0 Å². The molecule has 0 bridgehead atoms. The zero-order valence-corrected chi connectivity index (χ0v) is 15.1. The van der Waals surface area contributed by atoms with Gasteiger partial charge in [-0.1, -0.05) is 0 Å². The summed E-state index contributed by atoms with van der Waals surface area (Å²) in [6.07, 6.45) is -10.3. The van der Waals surface area contributed by atoms with E-state index < -0.39 is 35.4 Å². The van der Waals surface area contributed by atoms with Gasteiger partial charge in [0.05, 0.1) is 0 Å². The lowest BCUT2D eigenvalue weighted by molar-refractivity contribution is -0.277. The predicted octanol–water partition coefficient (Wildman–Crippen LogP) is 4.31. The zero-order valence-electron chi connectivity index (χ0n) is 15.1. The molecule has 0 aliphatic rings. The number of phenolic OH excluding ortho intramolecular Hbond substituents is 2. The maximum atomic E-state index is 12.0. The van der Waals surface area contributed by atoms with Crippen LogP contribution in [0.1, 0.15) is 23.7 Å². The van der Waals surface area contributed by atoms with E-state index in [0.29, 0.717) is 12.1 Å². The van der Waals surface area contributed by atoms with Crippen molar-refractivity contribution in [3.05, 3.63) is 46.5 Å². The van der Waals surface area contributed by atoms with Crippen LogP contribution >= 0.6 is 0 Å². The van der Waals surface area contributed by atoms with Crippen LogP contribution in [-0.2, 0) is 0 Å². The second-order valence-electron chi connectivity index (χ2n) is 5.21. The van der Waals surface area contributed by atoms with Crippen LogP contribution in [0, 0.1) is 45.3 Å². The van der Waals surface area contributed by atoms with Crippen LogP contribution in [0.4, 0.5) is 26.3 Å². The Morgan fingerprint density at radius 1 is 0.594 bits per heavy atom. The number of aromatic hydroxyl groups is 2. The van der Waals surface area contributed by atoms with Gasteiger partial charge in [-0.25, -0.2) is 0 Å². The average molecular weight is 459 g/mol. The van der Waals surface area contributed by atoms with E-state index in [2.05, 4.69) is 9.47 Å². The van der Waals surface area contributed by atoms with Crippen LogP contribution in [-0.4, -0.2) is 22.9 Å². The van der Waals surface area contributed by atoms with Crippen molar-refractivity contribution in [3.8, 4) is 47.3 Å². The molecule has 0 aliphatic heterocycles. The van der Waals surface area contributed by atoms with Crippen molar-refractivity contribution < 1.29 is 47.5 Å². The Hall–Kier alpha value is -4.82. The highest BCUT2D eigenvalue weighted by Crippen LogP contribution is 2.35. The van der Waals surface area contributed by atoms with E-state index in [4.69, 9.17) is 31.3 Å². The molecular weight excluding hydrogens is 450 g/mol. The first-order chi connectivity index (χ1) is 14.8. The number of hydrogen-bond acceptors (Lipinski definition) is 8. The molecule has 0 heterocycles. The molecule has 0 spiro atoms. The lowest BCUT2D eigenvalue weighted by Crippen LogP contribution is -2.20. The molecule has 2 aromatic rings. The minimum atomic E-state index is -5.16. The van der Waals surface area contributed by atoms with Crippen LogP contribution in [0.5, 0.6) is 23.0 Å². The highest BCUT2D eigenvalue weighted by atomic mass is 19.4. The smallest absolute Gasteiger partial charge is 0.507 e. The van der Waals surface area contributed by atoms with Crippen LogP contribution in [0.15, 0.2) is 24.3 Å². The van der Waals surface area contributed by atoms with Gasteiger partial charge in [0.1, 0.15) is 69.5 Å². The Bertz CT molecular complexity index is 1100. The van der Waals surface area contributed by atoms with Crippen molar-refractivity contribution >= 4 is 0 Å². The highest BCUT2D eigenvalue weighted by molar-refractivity contribution is 5.61.